The summed E-state index contributed by atoms with van der Waals surface area (Å²) in [6, 6.07) is 12.3. The van der Waals surface area contributed by atoms with E-state index < -0.39 is 4.92 Å². The van der Waals surface area contributed by atoms with E-state index in [0.29, 0.717) is 10.3 Å². The number of carbonyl (C=O) groups is 1. The highest BCUT2D eigenvalue weighted by Gasteiger charge is 2.12. The van der Waals surface area contributed by atoms with Gasteiger partial charge in [0.1, 0.15) is 0 Å². The lowest BCUT2D eigenvalue weighted by molar-refractivity contribution is -0.384. The van der Waals surface area contributed by atoms with Crippen LogP contribution in [0.15, 0.2) is 52.4 Å². The molecule has 0 N–H and O–H groups in total. The maximum Gasteiger partial charge on any atom is 0.271 e. The Morgan fingerprint density at radius 3 is 2.70 bits per heavy atom. The van der Waals surface area contributed by atoms with Gasteiger partial charge in [0.25, 0.3) is 11.6 Å². The van der Waals surface area contributed by atoms with Gasteiger partial charge in [-0.25, -0.2) is 0 Å². The van der Waals surface area contributed by atoms with Crippen molar-refractivity contribution in [3.8, 4) is 12.3 Å². The van der Waals surface area contributed by atoms with E-state index in [9.17, 15) is 14.9 Å². The number of aromatic nitrogens is 1. The van der Waals surface area contributed by atoms with Crippen molar-refractivity contribution in [3.63, 3.8) is 0 Å². The number of amides is 1. The van der Waals surface area contributed by atoms with Gasteiger partial charge < -0.3 is 4.57 Å². The fraction of sp³-hybridized carbons (Fsp3) is 0.158. The summed E-state index contributed by atoms with van der Waals surface area (Å²) in [4.78, 5) is 28.7. The Balaban J connectivity index is 1.98. The standard InChI is InChI=1S/C19H15N3O3S2/c1-3-10-21-16-12-14(22(24)25)6-9-17(16)27-19(21)20-18(23)11-13-4-7-15(26-2)8-5-13/h1,4-9,12H,10-11H2,2H3. The van der Waals surface area contributed by atoms with Gasteiger partial charge in [-0.05, 0) is 30.0 Å². The van der Waals surface area contributed by atoms with Crippen molar-refractivity contribution in [2.75, 3.05) is 6.26 Å². The summed E-state index contributed by atoms with van der Waals surface area (Å²) in [5.74, 6) is 2.22. The number of nitro groups is 1. The minimum Gasteiger partial charge on any atom is -0.304 e. The highest BCUT2D eigenvalue weighted by atomic mass is 32.2. The molecule has 0 aliphatic heterocycles. The monoisotopic (exact) mass is 397 g/mol. The number of hydrogen-bond acceptors (Lipinski definition) is 5. The van der Waals surface area contributed by atoms with E-state index in [-0.39, 0.29) is 24.6 Å². The number of benzene rings is 2. The third-order valence-electron chi connectivity index (χ3n) is 3.86. The van der Waals surface area contributed by atoms with Gasteiger partial charge in [0, 0.05) is 17.0 Å². The van der Waals surface area contributed by atoms with Crippen LogP contribution in [0.3, 0.4) is 0 Å². The maximum atomic E-state index is 12.4. The molecule has 136 valence electrons. The molecule has 0 atom stereocenters. The number of hydrogen-bond donors (Lipinski definition) is 0. The molecule has 0 bridgehead atoms. The SMILES string of the molecule is C#CCn1c(=NC(=O)Cc2ccc(SC)cc2)sc2ccc([N+](=O)[O-])cc21. The topological polar surface area (TPSA) is 77.5 Å². The molecule has 0 radical (unpaired) electrons. The van der Waals surface area contributed by atoms with Gasteiger partial charge in [-0.3, -0.25) is 14.9 Å². The molecule has 0 spiro atoms. The second kappa shape index (κ2) is 8.20. The summed E-state index contributed by atoms with van der Waals surface area (Å²) in [5, 5.41) is 11.0. The van der Waals surface area contributed by atoms with Crippen LogP contribution >= 0.6 is 23.1 Å². The lowest BCUT2D eigenvalue weighted by atomic mass is 10.1. The molecule has 0 saturated carbocycles. The van der Waals surface area contributed by atoms with E-state index in [1.54, 1.807) is 22.4 Å². The van der Waals surface area contributed by atoms with Gasteiger partial charge in [0.2, 0.25) is 0 Å². The average molecular weight is 397 g/mol. The van der Waals surface area contributed by atoms with Gasteiger partial charge in [-0.2, -0.15) is 4.99 Å². The highest BCUT2D eigenvalue weighted by Crippen LogP contribution is 2.23. The van der Waals surface area contributed by atoms with E-state index in [1.807, 2.05) is 30.5 Å². The lowest BCUT2D eigenvalue weighted by Crippen LogP contribution is -2.17. The van der Waals surface area contributed by atoms with Crippen LogP contribution in [0.2, 0.25) is 0 Å². The summed E-state index contributed by atoms with van der Waals surface area (Å²) >= 11 is 2.92. The Morgan fingerprint density at radius 1 is 1.33 bits per heavy atom. The van der Waals surface area contributed by atoms with Gasteiger partial charge in [-0.15, -0.1) is 18.2 Å². The Hall–Kier alpha value is -2.89. The number of rotatable bonds is 5. The Bertz CT molecular complexity index is 1120. The van der Waals surface area contributed by atoms with Crippen molar-refractivity contribution < 1.29 is 9.72 Å². The van der Waals surface area contributed by atoms with Crippen LogP contribution in [0, 0.1) is 22.5 Å². The zero-order valence-electron chi connectivity index (χ0n) is 14.4. The molecule has 0 aliphatic carbocycles. The number of thiazole rings is 1. The number of non-ortho nitro benzene ring substituents is 1. The van der Waals surface area contributed by atoms with Gasteiger partial charge in [0.15, 0.2) is 4.80 Å². The van der Waals surface area contributed by atoms with Gasteiger partial charge >= 0.3 is 0 Å². The van der Waals surface area contributed by atoms with Crippen LogP contribution in [0.25, 0.3) is 10.2 Å². The summed E-state index contributed by atoms with van der Waals surface area (Å²) in [6.07, 6.45) is 7.60. The second-order valence-corrected chi connectivity index (χ2v) is 7.50. The van der Waals surface area contributed by atoms with Crippen LogP contribution in [0.5, 0.6) is 0 Å². The van der Waals surface area contributed by atoms with Gasteiger partial charge in [-0.1, -0.05) is 29.4 Å². The molecule has 8 heteroatoms. The van der Waals surface area contributed by atoms with E-state index in [4.69, 9.17) is 6.42 Å². The van der Waals surface area contributed by atoms with Crippen molar-refractivity contribution >= 4 is 44.9 Å². The first-order valence-corrected chi connectivity index (χ1v) is 9.97. The molecule has 3 rings (SSSR count). The molecule has 0 aliphatic rings. The summed E-state index contributed by atoms with van der Waals surface area (Å²) < 4.78 is 2.44. The molecule has 2 aromatic carbocycles. The molecule has 0 saturated heterocycles. The molecule has 1 aromatic heterocycles. The highest BCUT2D eigenvalue weighted by molar-refractivity contribution is 7.98. The third-order valence-corrected chi connectivity index (χ3v) is 5.66. The smallest absolute Gasteiger partial charge is 0.271 e. The minimum atomic E-state index is -0.461. The molecule has 0 unspecified atom stereocenters. The van der Waals surface area contributed by atoms with E-state index >= 15 is 0 Å². The molecular weight excluding hydrogens is 382 g/mol. The Morgan fingerprint density at radius 2 is 2.07 bits per heavy atom. The number of nitro benzene ring substituents is 1. The van der Waals surface area contributed by atoms with Crippen molar-refractivity contribution in [3.05, 3.63) is 62.9 Å². The van der Waals surface area contributed by atoms with E-state index in [1.165, 1.54) is 23.5 Å². The number of carbonyl (C=O) groups excluding carboxylic acids is 1. The second-order valence-electron chi connectivity index (χ2n) is 5.61. The first-order chi connectivity index (χ1) is 13.0. The minimum absolute atomic E-state index is 0.0298. The Kier molecular flexibility index (Phi) is 5.74. The van der Waals surface area contributed by atoms with Crippen LogP contribution in [0.4, 0.5) is 5.69 Å². The molecule has 3 aromatic rings. The van der Waals surface area contributed by atoms with Crippen LogP contribution in [-0.2, 0) is 17.8 Å². The molecular formula is C19H15N3O3S2. The number of fused-ring (bicyclic) bond motifs is 1. The first kappa shape index (κ1) is 18.9. The fourth-order valence-electron chi connectivity index (χ4n) is 2.56. The van der Waals surface area contributed by atoms with E-state index in [0.717, 1.165) is 15.2 Å². The largest absolute Gasteiger partial charge is 0.304 e. The molecule has 0 fully saturated rings. The molecule has 27 heavy (non-hydrogen) atoms. The molecule has 1 amide bonds. The van der Waals surface area contributed by atoms with Crippen LogP contribution in [0.1, 0.15) is 5.56 Å². The van der Waals surface area contributed by atoms with Crippen LogP contribution < -0.4 is 4.80 Å². The number of terminal acetylenes is 1. The predicted octanol–water partition coefficient (Wildman–Crippen LogP) is 3.64. The quantitative estimate of drug-likeness (QED) is 0.285. The predicted molar refractivity (Wildman–Crippen MR) is 108 cm³/mol. The number of thioether (sulfide) groups is 1. The summed E-state index contributed by atoms with van der Waals surface area (Å²) in [7, 11) is 0. The van der Waals surface area contributed by atoms with Crippen molar-refractivity contribution in [1.82, 2.24) is 4.57 Å². The zero-order valence-corrected chi connectivity index (χ0v) is 16.0. The van der Waals surface area contributed by atoms with Crippen LogP contribution in [-0.4, -0.2) is 21.7 Å². The first-order valence-electron chi connectivity index (χ1n) is 7.93. The van der Waals surface area contributed by atoms with Gasteiger partial charge in [0.05, 0.1) is 28.1 Å². The fourth-order valence-corrected chi connectivity index (χ4v) is 4.00. The zero-order chi connectivity index (χ0) is 19.4. The third kappa shape index (κ3) is 4.27. The molecule has 6 nitrogen and oxygen atoms in total. The van der Waals surface area contributed by atoms with E-state index in [2.05, 4.69) is 10.9 Å². The average Bonchev–Trinajstić information content (AvgIpc) is 2.99. The van der Waals surface area contributed by atoms with Crippen molar-refractivity contribution in [2.45, 2.75) is 17.9 Å². The number of nitrogens with zero attached hydrogens (tertiary/aromatic N) is 3. The van der Waals surface area contributed by atoms with Crippen molar-refractivity contribution in [2.24, 2.45) is 4.99 Å². The molecule has 1 heterocycles. The summed E-state index contributed by atoms with van der Waals surface area (Å²) in [5.41, 5.74) is 1.45. The Labute approximate surface area is 163 Å². The normalized spacial score (nSPS) is 11.5. The van der Waals surface area contributed by atoms with Crippen molar-refractivity contribution in [1.29, 1.82) is 0 Å². The maximum absolute atomic E-state index is 12.4. The summed E-state index contributed by atoms with van der Waals surface area (Å²) in [6.45, 7) is 0.176. The lowest BCUT2D eigenvalue weighted by Gasteiger charge is -2.01.